The number of hydrogen-bond donors (Lipinski definition) is 2. The summed E-state index contributed by atoms with van der Waals surface area (Å²) in [5.74, 6) is -0.218. The number of aromatic nitrogens is 2. The van der Waals surface area contributed by atoms with Crippen molar-refractivity contribution in [1.29, 1.82) is 5.26 Å². The molecule has 26 heavy (non-hydrogen) atoms. The van der Waals surface area contributed by atoms with Crippen molar-refractivity contribution in [3.8, 4) is 28.5 Å². The largest absolute Gasteiger partial charge is 0.416 e. The molecular formula is C18H12F3N5. The van der Waals surface area contributed by atoms with Gasteiger partial charge in [0.1, 0.15) is 17.5 Å². The lowest BCUT2D eigenvalue weighted by Crippen LogP contribution is -2.06. The SMILES string of the molecule is N#Cc1c(N)nc(N)nc1-c1ccccc1-c1cccc(C(F)(F)F)c1. The minimum atomic E-state index is -4.47. The number of benzene rings is 2. The van der Waals surface area contributed by atoms with E-state index in [1.54, 1.807) is 30.3 Å². The van der Waals surface area contributed by atoms with E-state index in [4.69, 9.17) is 11.5 Å². The first-order valence-electron chi connectivity index (χ1n) is 7.41. The molecule has 3 rings (SSSR count). The van der Waals surface area contributed by atoms with E-state index in [0.717, 1.165) is 12.1 Å². The number of halogens is 3. The Morgan fingerprint density at radius 3 is 2.27 bits per heavy atom. The molecule has 1 aromatic heterocycles. The van der Waals surface area contributed by atoms with Crippen LogP contribution in [0.25, 0.3) is 22.4 Å². The van der Waals surface area contributed by atoms with Gasteiger partial charge in [0, 0.05) is 5.56 Å². The minimum absolute atomic E-state index is 0.0126. The first-order chi connectivity index (χ1) is 12.3. The lowest BCUT2D eigenvalue weighted by molar-refractivity contribution is -0.137. The molecule has 130 valence electrons. The van der Waals surface area contributed by atoms with Crippen LogP contribution >= 0.6 is 0 Å². The Labute approximate surface area is 146 Å². The van der Waals surface area contributed by atoms with Crippen LogP contribution in [0.5, 0.6) is 0 Å². The lowest BCUT2D eigenvalue weighted by Gasteiger charge is -2.13. The quantitative estimate of drug-likeness (QED) is 0.727. The van der Waals surface area contributed by atoms with Crippen LogP contribution in [0.2, 0.25) is 0 Å². The van der Waals surface area contributed by atoms with Gasteiger partial charge >= 0.3 is 6.18 Å². The number of nitrogens with zero attached hydrogens (tertiary/aromatic N) is 3. The van der Waals surface area contributed by atoms with E-state index in [-0.39, 0.29) is 23.0 Å². The summed E-state index contributed by atoms with van der Waals surface area (Å²) in [6.07, 6.45) is -4.47. The van der Waals surface area contributed by atoms with Crippen molar-refractivity contribution < 1.29 is 13.2 Å². The highest BCUT2D eigenvalue weighted by Gasteiger charge is 2.30. The fourth-order valence-corrected chi connectivity index (χ4v) is 2.61. The molecule has 8 heteroatoms. The van der Waals surface area contributed by atoms with E-state index in [1.165, 1.54) is 6.07 Å². The maximum absolute atomic E-state index is 13.0. The van der Waals surface area contributed by atoms with Gasteiger partial charge in [0.15, 0.2) is 0 Å². The van der Waals surface area contributed by atoms with Crippen LogP contribution in [0.15, 0.2) is 48.5 Å². The summed E-state index contributed by atoms with van der Waals surface area (Å²) in [4.78, 5) is 7.83. The molecule has 0 saturated heterocycles. The normalized spacial score (nSPS) is 11.2. The predicted octanol–water partition coefficient (Wildman–Crippen LogP) is 3.87. The second kappa shape index (κ2) is 6.37. The summed E-state index contributed by atoms with van der Waals surface area (Å²) in [7, 11) is 0. The number of anilines is 2. The Morgan fingerprint density at radius 1 is 0.923 bits per heavy atom. The van der Waals surface area contributed by atoms with Gasteiger partial charge in [0.25, 0.3) is 0 Å². The molecule has 0 saturated carbocycles. The molecule has 2 aromatic carbocycles. The van der Waals surface area contributed by atoms with Crippen LogP contribution in [-0.4, -0.2) is 9.97 Å². The third-order valence-electron chi connectivity index (χ3n) is 3.75. The van der Waals surface area contributed by atoms with Crippen LogP contribution in [-0.2, 0) is 6.18 Å². The Kier molecular flexibility index (Phi) is 4.22. The van der Waals surface area contributed by atoms with Crippen molar-refractivity contribution in [1.82, 2.24) is 9.97 Å². The van der Waals surface area contributed by atoms with Crippen LogP contribution in [0.4, 0.5) is 24.9 Å². The summed E-state index contributed by atoms with van der Waals surface area (Å²) >= 11 is 0. The van der Waals surface area contributed by atoms with Gasteiger partial charge in [0.2, 0.25) is 5.95 Å². The number of alkyl halides is 3. The fourth-order valence-electron chi connectivity index (χ4n) is 2.61. The van der Waals surface area contributed by atoms with Crippen LogP contribution in [0, 0.1) is 11.3 Å². The molecule has 3 aromatic rings. The third kappa shape index (κ3) is 3.15. The Morgan fingerprint density at radius 2 is 1.62 bits per heavy atom. The van der Waals surface area contributed by atoms with Gasteiger partial charge in [-0.25, -0.2) is 4.98 Å². The first-order valence-corrected chi connectivity index (χ1v) is 7.41. The molecule has 0 atom stereocenters. The molecule has 0 spiro atoms. The van der Waals surface area contributed by atoms with Crippen LogP contribution in [0.3, 0.4) is 0 Å². The van der Waals surface area contributed by atoms with Crippen molar-refractivity contribution in [2.45, 2.75) is 6.18 Å². The molecule has 5 nitrogen and oxygen atoms in total. The monoisotopic (exact) mass is 355 g/mol. The van der Waals surface area contributed by atoms with Gasteiger partial charge in [-0.15, -0.1) is 0 Å². The highest BCUT2D eigenvalue weighted by Crippen LogP contribution is 2.37. The molecule has 0 aliphatic rings. The summed E-state index contributed by atoms with van der Waals surface area (Å²) < 4.78 is 39.1. The van der Waals surface area contributed by atoms with Gasteiger partial charge in [-0.2, -0.15) is 23.4 Å². The zero-order valence-corrected chi connectivity index (χ0v) is 13.2. The van der Waals surface area contributed by atoms with Crippen molar-refractivity contribution in [2.75, 3.05) is 11.5 Å². The van der Waals surface area contributed by atoms with Gasteiger partial charge in [-0.05, 0) is 23.3 Å². The number of hydrogen-bond acceptors (Lipinski definition) is 5. The highest BCUT2D eigenvalue weighted by molar-refractivity contribution is 5.86. The van der Waals surface area contributed by atoms with E-state index >= 15 is 0 Å². The Bertz CT molecular complexity index is 1020. The van der Waals surface area contributed by atoms with Gasteiger partial charge < -0.3 is 11.5 Å². The average molecular weight is 355 g/mol. The molecular weight excluding hydrogens is 343 g/mol. The number of nitrogens with two attached hydrogens (primary N) is 2. The molecule has 0 radical (unpaired) electrons. The average Bonchev–Trinajstić information content (AvgIpc) is 2.60. The topological polar surface area (TPSA) is 102 Å². The molecule has 1 heterocycles. The third-order valence-corrected chi connectivity index (χ3v) is 3.75. The highest BCUT2D eigenvalue weighted by atomic mass is 19.4. The molecule has 0 unspecified atom stereocenters. The maximum atomic E-state index is 13.0. The zero-order valence-electron chi connectivity index (χ0n) is 13.2. The van der Waals surface area contributed by atoms with Crippen LogP contribution < -0.4 is 11.5 Å². The number of rotatable bonds is 2. The van der Waals surface area contributed by atoms with Crippen molar-refractivity contribution in [3.63, 3.8) is 0 Å². The van der Waals surface area contributed by atoms with Crippen molar-refractivity contribution in [2.24, 2.45) is 0 Å². The smallest absolute Gasteiger partial charge is 0.382 e. The van der Waals surface area contributed by atoms with E-state index in [2.05, 4.69) is 9.97 Å². The van der Waals surface area contributed by atoms with Crippen molar-refractivity contribution in [3.05, 3.63) is 59.7 Å². The zero-order chi connectivity index (χ0) is 18.9. The minimum Gasteiger partial charge on any atom is -0.382 e. The Hall–Kier alpha value is -3.60. The second-order valence-electron chi connectivity index (χ2n) is 5.43. The number of nitrogen functional groups attached to an aromatic ring is 2. The summed E-state index contributed by atoms with van der Waals surface area (Å²) in [6.45, 7) is 0. The summed E-state index contributed by atoms with van der Waals surface area (Å²) in [6, 6.07) is 13.5. The second-order valence-corrected chi connectivity index (χ2v) is 5.43. The molecule has 4 N–H and O–H groups in total. The summed E-state index contributed by atoms with van der Waals surface area (Å²) in [5.41, 5.74) is 12.0. The maximum Gasteiger partial charge on any atom is 0.416 e. The van der Waals surface area contributed by atoms with Gasteiger partial charge in [-0.3, -0.25) is 0 Å². The summed E-state index contributed by atoms with van der Waals surface area (Å²) in [5, 5.41) is 9.36. The molecule has 0 aliphatic heterocycles. The van der Waals surface area contributed by atoms with Crippen molar-refractivity contribution >= 4 is 11.8 Å². The van der Waals surface area contributed by atoms with Gasteiger partial charge in [-0.1, -0.05) is 36.4 Å². The van der Waals surface area contributed by atoms with Gasteiger partial charge in [0.05, 0.1) is 11.3 Å². The first kappa shape index (κ1) is 17.2. The fraction of sp³-hybridized carbons (Fsp3) is 0.0556. The lowest BCUT2D eigenvalue weighted by atomic mass is 9.94. The van der Waals surface area contributed by atoms with E-state index in [0.29, 0.717) is 16.7 Å². The van der Waals surface area contributed by atoms with Crippen LogP contribution in [0.1, 0.15) is 11.1 Å². The standard InChI is InChI=1S/C18H12F3N5/c19-18(20,21)11-5-3-4-10(8-11)12-6-1-2-7-13(12)15-14(9-22)16(23)26-17(24)25-15/h1-8H,(H4,23,24,25,26). The molecule has 0 aliphatic carbocycles. The molecule has 0 fully saturated rings. The predicted molar refractivity (Wildman–Crippen MR) is 91.4 cm³/mol. The van der Waals surface area contributed by atoms with E-state index in [1.807, 2.05) is 6.07 Å². The molecule has 0 bridgehead atoms. The van der Waals surface area contributed by atoms with E-state index in [9.17, 15) is 18.4 Å². The number of nitriles is 1. The Balaban J connectivity index is 2.26. The van der Waals surface area contributed by atoms with E-state index < -0.39 is 11.7 Å². The molecule has 0 amide bonds.